The predicted octanol–water partition coefficient (Wildman–Crippen LogP) is 2.97. The minimum atomic E-state index is -0.235. The average Bonchev–Trinajstić information content (AvgIpc) is 2.21. The van der Waals surface area contributed by atoms with E-state index >= 15 is 0 Å². The Morgan fingerprint density at radius 3 is 2.40 bits per heavy atom. The van der Waals surface area contributed by atoms with E-state index in [0.717, 1.165) is 6.42 Å². The fourth-order valence-corrected chi connectivity index (χ4v) is 1.16. The van der Waals surface area contributed by atoms with Gasteiger partial charge < -0.3 is 0 Å². The van der Waals surface area contributed by atoms with Crippen LogP contribution in [0.15, 0.2) is 12.2 Å². The normalized spacial score (nSPS) is 10.0. The molecule has 0 spiro atoms. The van der Waals surface area contributed by atoms with Crippen molar-refractivity contribution < 1.29 is 9.63 Å². The van der Waals surface area contributed by atoms with Gasteiger partial charge in [0.1, 0.15) is 0 Å². The number of rotatable bonds is 9. The Hall–Kier alpha value is -0.830. The molecular formula is C12H23NO2. The predicted molar refractivity (Wildman–Crippen MR) is 62.3 cm³/mol. The molecule has 0 saturated heterocycles. The summed E-state index contributed by atoms with van der Waals surface area (Å²) in [6.07, 6.45) is 7.31. The molecule has 0 heterocycles. The van der Waals surface area contributed by atoms with Crippen molar-refractivity contribution in [2.75, 3.05) is 6.61 Å². The third-order valence-electron chi connectivity index (χ3n) is 2.15. The molecule has 1 N–H and O–H groups in total. The van der Waals surface area contributed by atoms with Gasteiger partial charge in [-0.25, -0.2) is 5.48 Å². The van der Waals surface area contributed by atoms with Crippen LogP contribution in [0.3, 0.4) is 0 Å². The number of carbonyl (C=O) groups is 1. The van der Waals surface area contributed by atoms with Crippen molar-refractivity contribution in [3.8, 4) is 0 Å². The lowest BCUT2D eigenvalue weighted by Crippen LogP contribution is -2.24. The van der Waals surface area contributed by atoms with E-state index in [4.69, 9.17) is 4.84 Å². The Morgan fingerprint density at radius 1 is 1.20 bits per heavy atom. The van der Waals surface area contributed by atoms with Crippen LogP contribution >= 0.6 is 0 Å². The third-order valence-corrected chi connectivity index (χ3v) is 2.15. The summed E-state index contributed by atoms with van der Waals surface area (Å²) >= 11 is 0. The van der Waals surface area contributed by atoms with Gasteiger partial charge in [-0.05, 0) is 13.3 Å². The van der Waals surface area contributed by atoms with E-state index in [0.29, 0.717) is 12.2 Å². The maximum Gasteiger partial charge on any atom is 0.269 e. The highest BCUT2D eigenvalue weighted by Gasteiger charge is 1.99. The molecule has 3 nitrogen and oxygen atoms in total. The van der Waals surface area contributed by atoms with E-state index in [1.165, 1.54) is 32.1 Å². The minimum Gasteiger partial charge on any atom is -0.273 e. The lowest BCUT2D eigenvalue weighted by Gasteiger charge is -2.05. The molecule has 0 aromatic rings. The molecule has 0 fully saturated rings. The molecule has 0 aromatic carbocycles. The smallest absolute Gasteiger partial charge is 0.269 e. The zero-order valence-corrected chi connectivity index (χ0v) is 9.97. The summed E-state index contributed by atoms with van der Waals surface area (Å²) in [5.74, 6) is -0.235. The number of hydrogen-bond acceptors (Lipinski definition) is 2. The maximum atomic E-state index is 11.0. The molecule has 0 unspecified atom stereocenters. The van der Waals surface area contributed by atoms with Gasteiger partial charge in [0.05, 0.1) is 6.61 Å². The Balaban J connectivity index is 3.11. The molecule has 0 aromatic heterocycles. The van der Waals surface area contributed by atoms with Gasteiger partial charge in [0.15, 0.2) is 0 Å². The SMILES string of the molecule is C=C(C)C(=O)NOCCCCCCCC. The van der Waals surface area contributed by atoms with Crippen LogP contribution in [-0.2, 0) is 9.63 Å². The summed E-state index contributed by atoms with van der Waals surface area (Å²) < 4.78 is 0. The molecule has 0 aliphatic rings. The quantitative estimate of drug-likeness (QED) is 0.363. The van der Waals surface area contributed by atoms with Crippen LogP contribution < -0.4 is 5.48 Å². The van der Waals surface area contributed by atoms with Crippen LogP contribution in [0.5, 0.6) is 0 Å². The summed E-state index contributed by atoms with van der Waals surface area (Å²) in [6.45, 7) is 7.96. The van der Waals surface area contributed by atoms with Crippen LogP contribution in [0.2, 0.25) is 0 Å². The second kappa shape index (κ2) is 9.71. The van der Waals surface area contributed by atoms with Crippen LogP contribution in [0.25, 0.3) is 0 Å². The lowest BCUT2D eigenvalue weighted by molar-refractivity contribution is -0.129. The van der Waals surface area contributed by atoms with Gasteiger partial charge in [0, 0.05) is 5.57 Å². The molecule has 0 radical (unpaired) electrons. The lowest BCUT2D eigenvalue weighted by atomic mass is 10.1. The van der Waals surface area contributed by atoms with E-state index in [1.807, 2.05) is 0 Å². The Labute approximate surface area is 92.8 Å². The average molecular weight is 213 g/mol. The first kappa shape index (κ1) is 14.2. The van der Waals surface area contributed by atoms with Crippen molar-refractivity contribution in [3.63, 3.8) is 0 Å². The second-order valence-electron chi connectivity index (χ2n) is 3.83. The number of hydrogen-bond donors (Lipinski definition) is 1. The van der Waals surface area contributed by atoms with Gasteiger partial charge >= 0.3 is 0 Å². The topological polar surface area (TPSA) is 38.3 Å². The summed E-state index contributed by atoms with van der Waals surface area (Å²) in [4.78, 5) is 16.0. The van der Waals surface area contributed by atoms with Crippen molar-refractivity contribution in [3.05, 3.63) is 12.2 Å². The fraction of sp³-hybridized carbons (Fsp3) is 0.750. The molecular weight excluding hydrogens is 190 g/mol. The number of unbranched alkanes of at least 4 members (excludes halogenated alkanes) is 5. The van der Waals surface area contributed by atoms with Gasteiger partial charge in [-0.3, -0.25) is 9.63 Å². The molecule has 0 aliphatic heterocycles. The van der Waals surface area contributed by atoms with Crippen LogP contribution in [0.1, 0.15) is 52.4 Å². The first-order valence-corrected chi connectivity index (χ1v) is 5.76. The highest BCUT2D eigenvalue weighted by atomic mass is 16.6. The zero-order chi connectivity index (χ0) is 11.5. The van der Waals surface area contributed by atoms with Crippen molar-refractivity contribution in [1.29, 1.82) is 0 Å². The zero-order valence-electron chi connectivity index (χ0n) is 9.97. The van der Waals surface area contributed by atoms with Gasteiger partial charge in [-0.1, -0.05) is 45.6 Å². The Morgan fingerprint density at radius 2 is 1.80 bits per heavy atom. The number of nitrogens with one attached hydrogen (secondary N) is 1. The summed E-state index contributed by atoms with van der Waals surface area (Å²) in [5.41, 5.74) is 2.82. The molecule has 15 heavy (non-hydrogen) atoms. The molecule has 0 rings (SSSR count). The van der Waals surface area contributed by atoms with Crippen molar-refractivity contribution in [2.24, 2.45) is 0 Å². The van der Waals surface area contributed by atoms with E-state index in [1.54, 1.807) is 6.92 Å². The maximum absolute atomic E-state index is 11.0. The molecule has 0 bridgehead atoms. The Kier molecular flexibility index (Phi) is 9.18. The molecule has 1 amide bonds. The standard InChI is InChI=1S/C12H23NO2/c1-4-5-6-7-8-9-10-15-13-12(14)11(2)3/h2,4-10H2,1,3H3,(H,13,14). The largest absolute Gasteiger partial charge is 0.273 e. The Bertz CT molecular complexity index is 190. The highest BCUT2D eigenvalue weighted by Crippen LogP contribution is 2.04. The first-order valence-electron chi connectivity index (χ1n) is 5.76. The first-order chi connectivity index (χ1) is 7.18. The third kappa shape index (κ3) is 9.47. The van der Waals surface area contributed by atoms with Crippen LogP contribution in [0.4, 0.5) is 0 Å². The molecule has 88 valence electrons. The second-order valence-corrected chi connectivity index (χ2v) is 3.83. The van der Waals surface area contributed by atoms with Gasteiger partial charge in [0.25, 0.3) is 5.91 Å². The molecule has 0 aliphatic carbocycles. The number of amides is 1. The fourth-order valence-electron chi connectivity index (χ4n) is 1.16. The van der Waals surface area contributed by atoms with Crippen LogP contribution in [0, 0.1) is 0 Å². The van der Waals surface area contributed by atoms with Crippen molar-refractivity contribution >= 4 is 5.91 Å². The van der Waals surface area contributed by atoms with Gasteiger partial charge in [0.2, 0.25) is 0 Å². The minimum absolute atomic E-state index is 0.235. The molecule has 0 atom stereocenters. The molecule has 3 heteroatoms. The number of hydroxylamine groups is 1. The van der Waals surface area contributed by atoms with E-state index < -0.39 is 0 Å². The van der Waals surface area contributed by atoms with E-state index in [9.17, 15) is 4.79 Å². The van der Waals surface area contributed by atoms with Gasteiger partial charge in [-0.15, -0.1) is 0 Å². The van der Waals surface area contributed by atoms with Crippen LogP contribution in [-0.4, -0.2) is 12.5 Å². The highest BCUT2D eigenvalue weighted by molar-refractivity contribution is 5.91. The number of carbonyl (C=O) groups excluding carboxylic acids is 1. The molecule has 0 saturated carbocycles. The monoisotopic (exact) mass is 213 g/mol. The summed E-state index contributed by atoms with van der Waals surface area (Å²) in [6, 6.07) is 0. The van der Waals surface area contributed by atoms with E-state index in [-0.39, 0.29) is 5.91 Å². The van der Waals surface area contributed by atoms with Gasteiger partial charge in [-0.2, -0.15) is 0 Å². The van der Waals surface area contributed by atoms with Crippen molar-refractivity contribution in [1.82, 2.24) is 5.48 Å². The summed E-state index contributed by atoms with van der Waals surface area (Å²) in [5, 5.41) is 0. The van der Waals surface area contributed by atoms with Crippen molar-refractivity contribution in [2.45, 2.75) is 52.4 Å². The van der Waals surface area contributed by atoms with E-state index in [2.05, 4.69) is 19.0 Å². The summed E-state index contributed by atoms with van der Waals surface area (Å²) in [7, 11) is 0.